The molecule has 24 heavy (non-hydrogen) atoms. The van der Waals surface area contributed by atoms with E-state index in [2.05, 4.69) is 5.32 Å². The van der Waals surface area contributed by atoms with Gasteiger partial charge in [-0.2, -0.15) is 0 Å². The molecule has 1 aromatic carbocycles. The molecule has 5 heteroatoms. The summed E-state index contributed by atoms with van der Waals surface area (Å²) in [6.45, 7) is 1.90. The second kappa shape index (κ2) is 7.34. The lowest BCUT2D eigenvalue weighted by Crippen LogP contribution is -2.52. The summed E-state index contributed by atoms with van der Waals surface area (Å²) in [5, 5.41) is 13.5. The molecule has 2 amide bonds. The highest BCUT2D eigenvalue weighted by Gasteiger charge is 2.42. The van der Waals surface area contributed by atoms with Gasteiger partial charge in [0.15, 0.2) is 0 Å². The van der Waals surface area contributed by atoms with Crippen LogP contribution in [0.5, 0.6) is 0 Å². The van der Waals surface area contributed by atoms with Gasteiger partial charge < -0.3 is 15.3 Å². The summed E-state index contributed by atoms with van der Waals surface area (Å²) in [6, 6.07) is 9.16. The van der Waals surface area contributed by atoms with Crippen molar-refractivity contribution in [2.75, 3.05) is 19.6 Å². The van der Waals surface area contributed by atoms with Gasteiger partial charge in [-0.15, -0.1) is 0 Å². The SMILES string of the molecule is O=C(NCC1CCCN(C(=O)C2(O)CCCC2)C1)c1ccccc1. The third-order valence-corrected chi connectivity index (χ3v) is 5.22. The van der Waals surface area contributed by atoms with Crippen molar-refractivity contribution >= 4 is 11.8 Å². The maximum atomic E-state index is 12.6. The number of nitrogens with zero attached hydrogens (tertiary/aromatic N) is 1. The van der Waals surface area contributed by atoms with E-state index in [9.17, 15) is 14.7 Å². The first-order valence-corrected chi connectivity index (χ1v) is 8.93. The highest BCUT2D eigenvalue weighted by atomic mass is 16.3. The number of carbonyl (C=O) groups excluding carboxylic acids is 2. The minimum atomic E-state index is -1.14. The number of nitrogens with one attached hydrogen (secondary N) is 1. The third-order valence-electron chi connectivity index (χ3n) is 5.22. The Bertz CT molecular complexity index is 582. The molecule has 0 radical (unpaired) electrons. The van der Waals surface area contributed by atoms with Gasteiger partial charge in [0.2, 0.25) is 0 Å². The summed E-state index contributed by atoms with van der Waals surface area (Å²) in [5.41, 5.74) is -0.489. The zero-order chi connectivity index (χ0) is 17.0. The Morgan fingerprint density at radius 3 is 2.58 bits per heavy atom. The van der Waals surface area contributed by atoms with Gasteiger partial charge in [-0.05, 0) is 56.6 Å². The molecule has 1 atom stereocenters. The van der Waals surface area contributed by atoms with Crippen LogP contribution in [-0.2, 0) is 4.79 Å². The number of benzene rings is 1. The summed E-state index contributed by atoms with van der Waals surface area (Å²) in [6.07, 6.45) is 4.93. The summed E-state index contributed by atoms with van der Waals surface area (Å²) >= 11 is 0. The van der Waals surface area contributed by atoms with Crippen molar-refractivity contribution in [3.63, 3.8) is 0 Å². The standard InChI is InChI=1S/C19H26N2O3/c22-17(16-8-2-1-3-9-16)20-13-15-7-6-12-21(14-15)18(23)19(24)10-4-5-11-19/h1-3,8-9,15,24H,4-7,10-14H2,(H,20,22). The number of aliphatic hydroxyl groups is 1. The molecule has 0 spiro atoms. The monoisotopic (exact) mass is 330 g/mol. The number of hydrogen-bond donors (Lipinski definition) is 2. The molecule has 2 N–H and O–H groups in total. The normalized spacial score (nSPS) is 23.0. The van der Waals surface area contributed by atoms with Crippen LogP contribution < -0.4 is 5.32 Å². The molecule has 1 saturated carbocycles. The maximum Gasteiger partial charge on any atom is 0.254 e. The van der Waals surface area contributed by atoms with E-state index in [0.29, 0.717) is 38.0 Å². The van der Waals surface area contributed by atoms with Crippen molar-refractivity contribution in [3.05, 3.63) is 35.9 Å². The maximum absolute atomic E-state index is 12.6. The van der Waals surface area contributed by atoms with Crippen molar-refractivity contribution in [2.45, 2.75) is 44.1 Å². The molecule has 0 aromatic heterocycles. The highest BCUT2D eigenvalue weighted by Crippen LogP contribution is 2.32. The van der Waals surface area contributed by atoms with E-state index >= 15 is 0 Å². The van der Waals surface area contributed by atoms with Crippen molar-refractivity contribution in [3.8, 4) is 0 Å². The van der Waals surface area contributed by atoms with Crippen LogP contribution >= 0.6 is 0 Å². The fraction of sp³-hybridized carbons (Fsp3) is 0.579. The van der Waals surface area contributed by atoms with Crippen molar-refractivity contribution < 1.29 is 14.7 Å². The first-order valence-electron chi connectivity index (χ1n) is 8.93. The number of carbonyl (C=O) groups is 2. The number of amides is 2. The topological polar surface area (TPSA) is 69.6 Å². The van der Waals surface area contributed by atoms with Crippen LogP contribution in [0.25, 0.3) is 0 Å². The fourth-order valence-electron chi connectivity index (χ4n) is 3.81. The van der Waals surface area contributed by atoms with Crippen LogP contribution in [0.2, 0.25) is 0 Å². The van der Waals surface area contributed by atoms with Crippen LogP contribution in [-0.4, -0.2) is 47.1 Å². The molecule has 1 unspecified atom stereocenters. The molecule has 2 aliphatic rings. The third kappa shape index (κ3) is 3.78. The summed E-state index contributed by atoms with van der Waals surface area (Å²) < 4.78 is 0. The fourth-order valence-corrected chi connectivity index (χ4v) is 3.81. The molecule has 1 saturated heterocycles. The summed E-state index contributed by atoms with van der Waals surface area (Å²) in [4.78, 5) is 26.5. The van der Waals surface area contributed by atoms with Crippen molar-refractivity contribution in [1.82, 2.24) is 10.2 Å². The van der Waals surface area contributed by atoms with Gasteiger partial charge in [0, 0.05) is 25.2 Å². The largest absolute Gasteiger partial charge is 0.380 e. The van der Waals surface area contributed by atoms with E-state index in [1.165, 1.54) is 0 Å². The van der Waals surface area contributed by atoms with Crippen LogP contribution in [0.4, 0.5) is 0 Å². The zero-order valence-electron chi connectivity index (χ0n) is 14.0. The Kier molecular flexibility index (Phi) is 5.19. The van der Waals surface area contributed by atoms with Gasteiger partial charge in [-0.25, -0.2) is 0 Å². The lowest BCUT2D eigenvalue weighted by Gasteiger charge is -2.37. The lowest BCUT2D eigenvalue weighted by molar-refractivity contribution is -0.152. The number of rotatable bonds is 4. The Labute approximate surface area is 143 Å². The Hall–Kier alpha value is -1.88. The van der Waals surface area contributed by atoms with Crippen LogP contribution in [0, 0.1) is 5.92 Å². The molecule has 1 aliphatic carbocycles. The highest BCUT2D eigenvalue weighted by molar-refractivity contribution is 5.94. The molecule has 1 aliphatic heterocycles. The van der Waals surface area contributed by atoms with Crippen LogP contribution in [0.1, 0.15) is 48.9 Å². The minimum absolute atomic E-state index is 0.0755. The van der Waals surface area contributed by atoms with Gasteiger partial charge in [0.05, 0.1) is 0 Å². The molecular formula is C19H26N2O3. The van der Waals surface area contributed by atoms with Crippen LogP contribution in [0.15, 0.2) is 30.3 Å². The summed E-state index contributed by atoms with van der Waals surface area (Å²) in [5.74, 6) is 0.0629. The quantitative estimate of drug-likeness (QED) is 0.887. The number of hydrogen-bond acceptors (Lipinski definition) is 3. The van der Waals surface area contributed by atoms with Gasteiger partial charge >= 0.3 is 0 Å². The molecule has 1 heterocycles. The molecule has 3 rings (SSSR count). The smallest absolute Gasteiger partial charge is 0.254 e. The molecule has 5 nitrogen and oxygen atoms in total. The second-order valence-electron chi connectivity index (χ2n) is 7.07. The predicted octanol–water partition coefficient (Wildman–Crippen LogP) is 1.96. The van der Waals surface area contributed by atoms with E-state index < -0.39 is 5.60 Å². The molecule has 1 aromatic rings. The van der Waals surface area contributed by atoms with E-state index in [4.69, 9.17) is 0 Å². The Balaban J connectivity index is 1.52. The van der Waals surface area contributed by atoms with Crippen molar-refractivity contribution in [1.29, 1.82) is 0 Å². The van der Waals surface area contributed by atoms with E-state index in [1.807, 2.05) is 18.2 Å². The van der Waals surface area contributed by atoms with Crippen LogP contribution in [0.3, 0.4) is 0 Å². The molecular weight excluding hydrogens is 304 g/mol. The van der Waals surface area contributed by atoms with Gasteiger partial charge in [-0.1, -0.05) is 18.2 Å². The Morgan fingerprint density at radius 2 is 1.88 bits per heavy atom. The zero-order valence-corrected chi connectivity index (χ0v) is 14.0. The molecule has 2 fully saturated rings. The van der Waals surface area contributed by atoms with E-state index in [0.717, 1.165) is 25.7 Å². The lowest BCUT2D eigenvalue weighted by atomic mass is 9.94. The van der Waals surface area contributed by atoms with Gasteiger partial charge in [-0.3, -0.25) is 9.59 Å². The molecule has 0 bridgehead atoms. The first-order chi connectivity index (χ1) is 11.6. The van der Waals surface area contributed by atoms with E-state index in [1.54, 1.807) is 17.0 Å². The average molecular weight is 330 g/mol. The summed E-state index contributed by atoms with van der Waals surface area (Å²) in [7, 11) is 0. The predicted molar refractivity (Wildman–Crippen MR) is 91.5 cm³/mol. The van der Waals surface area contributed by atoms with E-state index in [-0.39, 0.29) is 17.7 Å². The number of piperidine rings is 1. The minimum Gasteiger partial charge on any atom is -0.380 e. The van der Waals surface area contributed by atoms with Crippen molar-refractivity contribution in [2.24, 2.45) is 5.92 Å². The average Bonchev–Trinajstić information content (AvgIpc) is 3.08. The first kappa shape index (κ1) is 17.0. The van der Waals surface area contributed by atoms with Gasteiger partial charge in [0.25, 0.3) is 11.8 Å². The Morgan fingerprint density at radius 1 is 1.17 bits per heavy atom. The number of likely N-dealkylation sites (tertiary alicyclic amines) is 1. The van der Waals surface area contributed by atoms with Gasteiger partial charge in [0.1, 0.15) is 5.60 Å². The second-order valence-corrected chi connectivity index (χ2v) is 7.07. The molecule has 130 valence electrons.